The molecule has 0 spiro atoms. The van der Waals surface area contributed by atoms with E-state index in [1.54, 1.807) is 21.0 Å². The van der Waals surface area contributed by atoms with Crippen molar-refractivity contribution in [2.24, 2.45) is 0 Å². The Bertz CT molecular complexity index is 430. The largest absolute Gasteiger partial charge is 0.477 e. The number of urea groups is 1. The summed E-state index contributed by atoms with van der Waals surface area (Å²) in [6.07, 6.45) is 0. The van der Waals surface area contributed by atoms with Gasteiger partial charge >= 0.3 is 12.0 Å². The van der Waals surface area contributed by atoms with Crippen molar-refractivity contribution in [2.45, 2.75) is 13.5 Å². The van der Waals surface area contributed by atoms with Crippen molar-refractivity contribution in [1.29, 1.82) is 0 Å². The van der Waals surface area contributed by atoms with E-state index in [-0.39, 0.29) is 17.5 Å². The summed E-state index contributed by atoms with van der Waals surface area (Å²) in [6, 6.07) is -0.361. The topological polar surface area (TPSA) is 94.6 Å². The van der Waals surface area contributed by atoms with Gasteiger partial charge in [-0.05, 0) is 6.92 Å². The van der Waals surface area contributed by atoms with Gasteiger partial charge in [-0.3, -0.25) is 5.43 Å². The fourth-order valence-corrected chi connectivity index (χ4v) is 1.97. The van der Waals surface area contributed by atoms with Crippen molar-refractivity contribution >= 4 is 23.3 Å². The second-order valence-corrected chi connectivity index (χ2v) is 4.60. The van der Waals surface area contributed by atoms with Crippen molar-refractivity contribution in [2.75, 3.05) is 14.1 Å². The fraction of sp³-hybridized carbons (Fsp3) is 0.444. The Morgan fingerprint density at radius 2 is 2.12 bits per heavy atom. The number of nitrogens with one attached hydrogen (secondary N) is 2. The molecule has 0 atom stereocenters. The molecular formula is C9H14N4O3S. The van der Waals surface area contributed by atoms with Crippen LogP contribution >= 0.6 is 11.3 Å². The van der Waals surface area contributed by atoms with E-state index in [1.165, 1.54) is 5.01 Å². The third-order valence-electron chi connectivity index (χ3n) is 1.76. The Morgan fingerprint density at radius 3 is 2.59 bits per heavy atom. The molecule has 0 radical (unpaired) electrons. The summed E-state index contributed by atoms with van der Waals surface area (Å²) in [6.45, 7) is 1.84. The molecule has 0 unspecified atom stereocenters. The van der Waals surface area contributed by atoms with Crippen LogP contribution in [0.3, 0.4) is 0 Å². The van der Waals surface area contributed by atoms with E-state index in [0.717, 1.165) is 11.3 Å². The number of aryl methyl sites for hydroxylation is 1. The Morgan fingerprint density at radius 1 is 1.47 bits per heavy atom. The zero-order valence-corrected chi connectivity index (χ0v) is 10.6. The first kappa shape index (κ1) is 13.4. The number of aromatic nitrogens is 1. The molecule has 17 heavy (non-hydrogen) atoms. The standard InChI is InChI=1S/C9H14N4O3S/c1-5-7(8(14)15)17-6(11-5)4-10-9(16)12-13(2)3/h4H2,1-3H3,(H,14,15)(H2,10,12,16). The Labute approximate surface area is 102 Å². The number of amides is 2. The first-order valence-corrected chi connectivity index (χ1v) is 5.63. The highest BCUT2D eigenvalue weighted by Crippen LogP contribution is 2.17. The van der Waals surface area contributed by atoms with Crippen LogP contribution in [0.5, 0.6) is 0 Å². The Balaban J connectivity index is 2.55. The molecule has 0 aromatic carbocycles. The predicted molar refractivity (Wildman–Crippen MR) is 62.9 cm³/mol. The number of nitrogens with zero attached hydrogens (tertiary/aromatic N) is 2. The van der Waals surface area contributed by atoms with E-state index in [1.807, 2.05) is 0 Å². The minimum Gasteiger partial charge on any atom is -0.477 e. The first-order valence-electron chi connectivity index (χ1n) is 4.81. The van der Waals surface area contributed by atoms with Crippen LogP contribution in [0.1, 0.15) is 20.4 Å². The molecule has 0 aliphatic heterocycles. The normalized spacial score (nSPS) is 10.4. The minimum atomic E-state index is -0.996. The van der Waals surface area contributed by atoms with Gasteiger partial charge in [0.25, 0.3) is 0 Å². The smallest absolute Gasteiger partial charge is 0.347 e. The lowest BCUT2D eigenvalue weighted by atomic mass is 10.4. The van der Waals surface area contributed by atoms with Gasteiger partial charge in [-0.1, -0.05) is 0 Å². The highest BCUT2D eigenvalue weighted by Gasteiger charge is 2.14. The Hall–Kier alpha value is -1.67. The fourth-order valence-electron chi connectivity index (χ4n) is 1.12. The van der Waals surface area contributed by atoms with Crippen LogP contribution in [0.25, 0.3) is 0 Å². The second kappa shape index (κ2) is 5.60. The molecule has 8 heteroatoms. The molecule has 1 heterocycles. The molecule has 3 N–H and O–H groups in total. The summed E-state index contributed by atoms with van der Waals surface area (Å²) in [5.74, 6) is -0.996. The van der Waals surface area contributed by atoms with E-state index in [0.29, 0.717) is 10.7 Å². The number of carbonyl (C=O) groups excluding carboxylic acids is 1. The number of hydrogen-bond donors (Lipinski definition) is 3. The van der Waals surface area contributed by atoms with Crippen LogP contribution in [0.4, 0.5) is 4.79 Å². The van der Waals surface area contributed by atoms with Crippen molar-refractivity contribution < 1.29 is 14.7 Å². The number of rotatable bonds is 4. The first-order chi connectivity index (χ1) is 7.90. The van der Waals surface area contributed by atoms with Crippen molar-refractivity contribution in [3.63, 3.8) is 0 Å². The van der Waals surface area contributed by atoms with Gasteiger partial charge in [0.2, 0.25) is 0 Å². The molecular weight excluding hydrogens is 244 g/mol. The van der Waals surface area contributed by atoms with Crippen molar-refractivity contribution in [3.05, 3.63) is 15.6 Å². The molecule has 1 rings (SSSR count). The maximum atomic E-state index is 11.2. The summed E-state index contributed by atoms with van der Waals surface area (Å²) in [5.41, 5.74) is 2.97. The molecule has 2 amide bonds. The summed E-state index contributed by atoms with van der Waals surface area (Å²) < 4.78 is 0. The molecule has 0 aliphatic rings. The van der Waals surface area contributed by atoms with Crippen LogP contribution in [0.2, 0.25) is 0 Å². The van der Waals surface area contributed by atoms with E-state index >= 15 is 0 Å². The average Bonchev–Trinajstić information content (AvgIpc) is 2.56. The number of hydrogen-bond acceptors (Lipinski definition) is 5. The van der Waals surface area contributed by atoms with E-state index in [9.17, 15) is 9.59 Å². The zero-order valence-electron chi connectivity index (χ0n) is 9.77. The molecule has 0 aliphatic carbocycles. The van der Waals surface area contributed by atoms with Crippen LogP contribution in [-0.4, -0.2) is 41.2 Å². The molecule has 7 nitrogen and oxygen atoms in total. The molecule has 1 aromatic rings. The number of carbonyl (C=O) groups is 2. The summed E-state index contributed by atoms with van der Waals surface area (Å²) in [4.78, 5) is 26.3. The van der Waals surface area contributed by atoms with Gasteiger partial charge in [0.15, 0.2) is 0 Å². The number of hydrazine groups is 1. The molecule has 0 fully saturated rings. The molecule has 0 saturated heterocycles. The van der Waals surface area contributed by atoms with Gasteiger partial charge in [-0.15, -0.1) is 11.3 Å². The molecule has 0 bridgehead atoms. The number of carboxylic acids is 1. The van der Waals surface area contributed by atoms with Gasteiger partial charge in [0.1, 0.15) is 9.88 Å². The third-order valence-corrected chi connectivity index (χ3v) is 2.91. The van der Waals surface area contributed by atoms with Crippen LogP contribution in [0.15, 0.2) is 0 Å². The Kier molecular flexibility index (Phi) is 4.41. The lowest BCUT2D eigenvalue weighted by molar-refractivity contribution is 0.0701. The number of carboxylic acid groups (broad SMARTS) is 1. The SMILES string of the molecule is Cc1nc(CNC(=O)NN(C)C)sc1C(=O)O. The van der Waals surface area contributed by atoms with E-state index in [2.05, 4.69) is 15.7 Å². The lowest BCUT2D eigenvalue weighted by Gasteiger charge is -2.11. The van der Waals surface area contributed by atoms with Gasteiger partial charge in [-0.2, -0.15) is 0 Å². The lowest BCUT2D eigenvalue weighted by Crippen LogP contribution is -2.42. The summed E-state index contributed by atoms with van der Waals surface area (Å²) in [5, 5.41) is 13.5. The summed E-state index contributed by atoms with van der Waals surface area (Å²) >= 11 is 1.06. The highest BCUT2D eigenvalue weighted by atomic mass is 32.1. The van der Waals surface area contributed by atoms with Gasteiger partial charge in [-0.25, -0.2) is 19.6 Å². The zero-order chi connectivity index (χ0) is 13.0. The van der Waals surface area contributed by atoms with Crippen molar-refractivity contribution in [1.82, 2.24) is 20.7 Å². The molecule has 0 saturated carbocycles. The monoisotopic (exact) mass is 258 g/mol. The van der Waals surface area contributed by atoms with Crippen LogP contribution in [-0.2, 0) is 6.54 Å². The van der Waals surface area contributed by atoms with E-state index in [4.69, 9.17) is 5.11 Å². The average molecular weight is 258 g/mol. The van der Waals surface area contributed by atoms with Gasteiger partial charge in [0.05, 0.1) is 12.2 Å². The number of aromatic carboxylic acids is 1. The maximum Gasteiger partial charge on any atom is 0.347 e. The minimum absolute atomic E-state index is 0.204. The highest BCUT2D eigenvalue weighted by molar-refractivity contribution is 7.13. The van der Waals surface area contributed by atoms with Gasteiger partial charge < -0.3 is 10.4 Å². The van der Waals surface area contributed by atoms with E-state index < -0.39 is 5.97 Å². The third kappa shape index (κ3) is 4.00. The quantitative estimate of drug-likeness (QED) is 0.681. The predicted octanol–water partition coefficient (Wildman–Crippen LogP) is 0.426. The van der Waals surface area contributed by atoms with Gasteiger partial charge in [0, 0.05) is 14.1 Å². The second-order valence-electron chi connectivity index (χ2n) is 3.52. The summed E-state index contributed by atoms with van der Waals surface area (Å²) in [7, 11) is 3.38. The van der Waals surface area contributed by atoms with Crippen LogP contribution < -0.4 is 10.7 Å². The molecule has 1 aromatic heterocycles. The molecule has 94 valence electrons. The van der Waals surface area contributed by atoms with Crippen molar-refractivity contribution in [3.8, 4) is 0 Å². The maximum absolute atomic E-state index is 11.2. The number of thiazole rings is 1. The van der Waals surface area contributed by atoms with Crippen LogP contribution in [0, 0.1) is 6.92 Å².